The lowest BCUT2D eigenvalue weighted by molar-refractivity contribution is 0.0664. The molecule has 7 heteroatoms. The summed E-state index contributed by atoms with van der Waals surface area (Å²) in [5.41, 5.74) is 9.70. The molecule has 0 spiro atoms. The Morgan fingerprint density at radius 2 is 1.64 bits per heavy atom. The van der Waals surface area contributed by atoms with Crippen molar-refractivity contribution in [2.24, 2.45) is 0 Å². The van der Waals surface area contributed by atoms with Crippen molar-refractivity contribution in [1.29, 1.82) is 0 Å². The smallest absolute Gasteiger partial charge is 0.253 e. The maximum absolute atomic E-state index is 12.9. The summed E-state index contributed by atoms with van der Waals surface area (Å²) >= 11 is 0. The second kappa shape index (κ2) is 9.35. The molecular weight excluding hydrogens is 412 g/mol. The first-order chi connectivity index (χ1) is 16.1. The Labute approximate surface area is 195 Å². The van der Waals surface area contributed by atoms with Gasteiger partial charge in [0.25, 0.3) is 5.91 Å². The van der Waals surface area contributed by atoms with E-state index in [-0.39, 0.29) is 5.91 Å². The van der Waals surface area contributed by atoms with Gasteiger partial charge in [-0.25, -0.2) is 4.98 Å². The molecular formula is C26H32N6O. The Hall–Kier alpha value is -3.19. The standard InChI is InChI=1S/C26H32N6O/c1-31-13-15-32(16-14-31)25(33)19-9-7-18(8-10-19)20-11-12-23-22(17-20)24(30-26(27)29-23)28-21-5-3-2-4-6-21/h7-12,17,21H,2-6,13-16H2,1H3,(H3,27,28,29,30). The molecule has 2 heterocycles. The van der Waals surface area contributed by atoms with E-state index in [1.165, 1.54) is 19.3 Å². The number of amides is 1. The molecule has 1 aliphatic heterocycles. The molecule has 5 rings (SSSR count). The maximum atomic E-state index is 12.9. The normalized spacial score (nSPS) is 17.9. The Balaban J connectivity index is 1.39. The van der Waals surface area contributed by atoms with Gasteiger partial charge in [0, 0.05) is 43.2 Å². The molecule has 33 heavy (non-hydrogen) atoms. The Morgan fingerprint density at radius 3 is 2.36 bits per heavy atom. The lowest BCUT2D eigenvalue weighted by atomic mass is 9.95. The van der Waals surface area contributed by atoms with Gasteiger partial charge >= 0.3 is 0 Å². The van der Waals surface area contributed by atoms with Crippen molar-refractivity contribution in [3.63, 3.8) is 0 Å². The molecule has 2 aromatic carbocycles. The zero-order valence-electron chi connectivity index (χ0n) is 19.3. The van der Waals surface area contributed by atoms with Crippen molar-refractivity contribution in [1.82, 2.24) is 19.8 Å². The molecule has 1 aliphatic carbocycles. The molecule has 3 aromatic rings. The van der Waals surface area contributed by atoms with Crippen LogP contribution >= 0.6 is 0 Å². The van der Waals surface area contributed by atoms with Crippen LogP contribution in [0.15, 0.2) is 42.5 Å². The number of piperazine rings is 1. The first kappa shape index (κ1) is 21.6. The molecule has 2 fully saturated rings. The third-order valence-corrected chi connectivity index (χ3v) is 6.91. The van der Waals surface area contributed by atoms with Crippen molar-refractivity contribution < 1.29 is 4.79 Å². The molecule has 0 unspecified atom stereocenters. The Kier molecular flexibility index (Phi) is 6.13. The number of anilines is 2. The van der Waals surface area contributed by atoms with Crippen molar-refractivity contribution in [3.8, 4) is 11.1 Å². The fourth-order valence-corrected chi connectivity index (χ4v) is 4.87. The number of nitrogens with one attached hydrogen (secondary N) is 1. The summed E-state index contributed by atoms with van der Waals surface area (Å²) in [6.45, 7) is 3.40. The van der Waals surface area contributed by atoms with Crippen LogP contribution in [0.25, 0.3) is 22.0 Å². The molecule has 2 aliphatic rings. The number of carbonyl (C=O) groups is 1. The summed E-state index contributed by atoms with van der Waals surface area (Å²) in [6.07, 6.45) is 6.13. The highest BCUT2D eigenvalue weighted by molar-refractivity contribution is 5.96. The number of rotatable bonds is 4. The van der Waals surface area contributed by atoms with Crippen LogP contribution in [0.3, 0.4) is 0 Å². The van der Waals surface area contributed by atoms with Crippen LogP contribution in [0, 0.1) is 0 Å². The van der Waals surface area contributed by atoms with Gasteiger partial charge in [-0.2, -0.15) is 4.98 Å². The van der Waals surface area contributed by atoms with Crippen molar-refractivity contribution in [2.75, 3.05) is 44.3 Å². The molecule has 172 valence electrons. The largest absolute Gasteiger partial charge is 0.368 e. The van der Waals surface area contributed by atoms with E-state index < -0.39 is 0 Å². The molecule has 1 amide bonds. The number of nitrogens with two attached hydrogens (primary N) is 1. The van der Waals surface area contributed by atoms with E-state index in [4.69, 9.17) is 5.73 Å². The van der Waals surface area contributed by atoms with E-state index in [9.17, 15) is 4.79 Å². The van der Waals surface area contributed by atoms with Crippen molar-refractivity contribution >= 4 is 28.6 Å². The highest BCUT2D eigenvalue weighted by Gasteiger charge is 2.20. The SMILES string of the molecule is CN1CCN(C(=O)c2ccc(-c3ccc4nc(N)nc(NC5CCCCC5)c4c3)cc2)CC1. The minimum Gasteiger partial charge on any atom is -0.368 e. The van der Waals surface area contributed by atoms with E-state index >= 15 is 0 Å². The number of carbonyl (C=O) groups excluding carboxylic acids is 1. The average Bonchev–Trinajstić information content (AvgIpc) is 2.84. The summed E-state index contributed by atoms with van der Waals surface area (Å²) in [4.78, 5) is 26.0. The summed E-state index contributed by atoms with van der Waals surface area (Å²) in [7, 11) is 2.09. The van der Waals surface area contributed by atoms with Crippen LogP contribution in [-0.4, -0.2) is 64.9 Å². The molecule has 0 bridgehead atoms. The number of hydrogen-bond acceptors (Lipinski definition) is 6. The van der Waals surface area contributed by atoms with Crippen LogP contribution in [0.5, 0.6) is 0 Å². The monoisotopic (exact) mass is 444 g/mol. The molecule has 0 atom stereocenters. The number of fused-ring (bicyclic) bond motifs is 1. The van der Waals surface area contributed by atoms with Gasteiger partial charge < -0.3 is 20.9 Å². The Bertz CT molecular complexity index is 1130. The number of nitrogens with zero attached hydrogens (tertiary/aromatic N) is 4. The second-order valence-electron chi connectivity index (χ2n) is 9.31. The maximum Gasteiger partial charge on any atom is 0.253 e. The van der Waals surface area contributed by atoms with Gasteiger partial charge in [0.15, 0.2) is 0 Å². The number of aromatic nitrogens is 2. The molecule has 1 saturated carbocycles. The van der Waals surface area contributed by atoms with Crippen LogP contribution in [0.4, 0.5) is 11.8 Å². The van der Waals surface area contributed by atoms with Crippen LogP contribution in [-0.2, 0) is 0 Å². The zero-order valence-corrected chi connectivity index (χ0v) is 19.3. The molecule has 1 aromatic heterocycles. The quantitative estimate of drug-likeness (QED) is 0.632. The number of nitrogen functional groups attached to an aromatic ring is 1. The van der Waals surface area contributed by atoms with E-state index in [2.05, 4.69) is 39.4 Å². The van der Waals surface area contributed by atoms with E-state index in [0.717, 1.165) is 72.4 Å². The van der Waals surface area contributed by atoms with Gasteiger partial charge in [-0.3, -0.25) is 4.79 Å². The minimum absolute atomic E-state index is 0.107. The minimum atomic E-state index is 0.107. The van der Waals surface area contributed by atoms with Gasteiger partial charge in [0.05, 0.1) is 5.52 Å². The van der Waals surface area contributed by atoms with Crippen LogP contribution in [0.1, 0.15) is 42.5 Å². The zero-order chi connectivity index (χ0) is 22.8. The highest BCUT2D eigenvalue weighted by Crippen LogP contribution is 2.30. The molecule has 0 radical (unpaired) electrons. The van der Waals surface area contributed by atoms with Gasteiger partial charge in [-0.05, 0) is 55.3 Å². The van der Waals surface area contributed by atoms with Gasteiger partial charge in [0.1, 0.15) is 5.82 Å². The lowest BCUT2D eigenvalue weighted by Gasteiger charge is -2.32. The van der Waals surface area contributed by atoms with E-state index in [1.807, 2.05) is 35.2 Å². The van der Waals surface area contributed by atoms with Crippen LogP contribution in [0.2, 0.25) is 0 Å². The predicted molar refractivity (Wildman–Crippen MR) is 133 cm³/mol. The second-order valence-corrected chi connectivity index (χ2v) is 9.31. The molecule has 7 nitrogen and oxygen atoms in total. The first-order valence-corrected chi connectivity index (χ1v) is 12.0. The fraction of sp³-hybridized carbons (Fsp3) is 0.423. The summed E-state index contributed by atoms with van der Waals surface area (Å²) in [5.74, 6) is 1.21. The van der Waals surface area contributed by atoms with Crippen molar-refractivity contribution in [3.05, 3.63) is 48.0 Å². The lowest BCUT2D eigenvalue weighted by Crippen LogP contribution is -2.47. The predicted octanol–water partition coefficient (Wildman–Crippen LogP) is 4.01. The third kappa shape index (κ3) is 4.78. The fourth-order valence-electron chi connectivity index (χ4n) is 4.87. The topological polar surface area (TPSA) is 87.4 Å². The number of likely N-dealkylation sites (N-methyl/N-ethyl adjacent to an activating group) is 1. The van der Waals surface area contributed by atoms with E-state index in [1.54, 1.807) is 0 Å². The van der Waals surface area contributed by atoms with Crippen LogP contribution < -0.4 is 11.1 Å². The highest BCUT2D eigenvalue weighted by atomic mass is 16.2. The Morgan fingerprint density at radius 1 is 0.939 bits per heavy atom. The third-order valence-electron chi connectivity index (χ3n) is 6.91. The summed E-state index contributed by atoms with van der Waals surface area (Å²) < 4.78 is 0. The molecule has 3 N–H and O–H groups in total. The number of benzene rings is 2. The molecule has 1 saturated heterocycles. The van der Waals surface area contributed by atoms with Gasteiger partial charge in [-0.1, -0.05) is 37.5 Å². The van der Waals surface area contributed by atoms with E-state index in [0.29, 0.717) is 12.0 Å². The van der Waals surface area contributed by atoms with Crippen molar-refractivity contribution in [2.45, 2.75) is 38.1 Å². The summed E-state index contributed by atoms with van der Waals surface area (Å²) in [5, 5.41) is 4.60. The number of hydrogen-bond donors (Lipinski definition) is 2. The van der Waals surface area contributed by atoms with Gasteiger partial charge in [0.2, 0.25) is 5.95 Å². The van der Waals surface area contributed by atoms with Gasteiger partial charge in [-0.15, -0.1) is 0 Å². The summed E-state index contributed by atoms with van der Waals surface area (Å²) in [6, 6.07) is 14.5. The first-order valence-electron chi connectivity index (χ1n) is 12.0. The average molecular weight is 445 g/mol.